The molecule has 9 nitrogen and oxygen atoms in total. The highest BCUT2D eigenvalue weighted by molar-refractivity contribution is 6.42. The number of aliphatic carboxylic acids is 1. The van der Waals surface area contributed by atoms with E-state index in [9.17, 15) is 24.3 Å². The van der Waals surface area contributed by atoms with Crippen molar-refractivity contribution < 1.29 is 29.4 Å². The number of aliphatic hydroxyl groups is 1. The van der Waals surface area contributed by atoms with Gasteiger partial charge in [-0.25, -0.2) is 0 Å². The monoisotopic (exact) mass is 443 g/mol. The first kappa shape index (κ1) is 22.5. The van der Waals surface area contributed by atoms with Crippen LogP contribution in [-0.2, 0) is 25.7 Å². The van der Waals surface area contributed by atoms with E-state index in [-0.39, 0.29) is 31.6 Å². The number of halogens is 2. The summed E-state index contributed by atoms with van der Waals surface area (Å²) in [6, 6.07) is 4.92. The van der Waals surface area contributed by atoms with E-state index < -0.39 is 36.0 Å². The molecule has 1 aliphatic heterocycles. The van der Waals surface area contributed by atoms with E-state index in [0.29, 0.717) is 15.6 Å². The first-order valence-electron chi connectivity index (χ1n) is 8.49. The average Bonchev–Trinajstić information content (AvgIpc) is 2.95. The molecule has 0 aromatic heterocycles. The Morgan fingerprint density at radius 2 is 1.93 bits per heavy atom. The van der Waals surface area contributed by atoms with Gasteiger partial charge in [0.1, 0.15) is 6.54 Å². The van der Waals surface area contributed by atoms with Crippen molar-refractivity contribution in [1.29, 1.82) is 0 Å². The van der Waals surface area contributed by atoms with E-state index in [2.05, 4.69) is 5.32 Å². The van der Waals surface area contributed by atoms with Gasteiger partial charge in [-0.15, -0.1) is 0 Å². The lowest BCUT2D eigenvalue weighted by molar-refractivity contribution is -0.138. The molecule has 29 heavy (non-hydrogen) atoms. The molecular formula is C18H19Cl2N3O6. The second-order valence-corrected chi connectivity index (χ2v) is 7.20. The fourth-order valence-electron chi connectivity index (χ4n) is 2.68. The fourth-order valence-corrected chi connectivity index (χ4v) is 3.00. The predicted octanol–water partition coefficient (Wildman–Crippen LogP) is 1.20. The van der Waals surface area contributed by atoms with Crippen LogP contribution in [0, 0.1) is 0 Å². The summed E-state index contributed by atoms with van der Waals surface area (Å²) in [6.45, 7) is -0.569. The number of aliphatic hydroxyl groups excluding tert-OH is 1. The molecule has 0 saturated carbocycles. The van der Waals surface area contributed by atoms with Gasteiger partial charge in [0.15, 0.2) is 5.76 Å². The van der Waals surface area contributed by atoms with Gasteiger partial charge >= 0.3 is 5.97 Å². The third kappa shape index (κ3) is 5.85. The number of nitrogens with zero attached hydrogens (tertiary/aromatic N) is 2. The molecule has 11 heteroatoms. The number of rotatable bonds is 8. The van der Waals surface area contributed by atoms with Crippen LogP contribution < -0.4 is 5.32 Å². The molecule has 0 aliphatic carbocycles. The number of carbonyl (C=O) groups excluding carboxylic acids is 3. The molecule has 0 radical (unpaired) electrons. The summed E-state index contributed by atoms with van der Waals surface area (Å²) in [7, 11) is 1.51. The van der Waals surface area contributed by atoms with Crippen molar-refractivity contribution in [3.8, 4) is 0 Å². The number of likely N-dealkylation sites (N-methyl/N-ethyl adjacent to an activating group) is 1. The molecule has 0 fully saturated rings. The zero-order valence-electron chi connectivity index (χ0n) is 15.4. The van der Waals surface area contributed by atoms with Gasteiger partial charge in [-0.2, -0.15) is 0 Å². The summed E-state index contributed by atoms with van der Waals surface area (Å²) in [6.07, 6.45) is -0.160. The molecule has 1 aliphatic rings. The minimum Gasteiger partial charge on any atom is -0.503 e. The molecule has 1 aromatic carbocycles. The molecule has 3 N–H and O–H groups in total. The van der Waals surface area contributed by atoms with Crippen molar-refractivity contribution in [3.63, 3.8) is 0 Å². The maximum Gasteiger partial charge on any atom is 0.322 e. The third-order valence-electron chi connectivity index (χ3n) is 4.18. The van der Waals surface area contributed by atoms with Gasteiger partial charge in [-0.3, -0.25) is 19.2 Å². The minimum atomic E-state index is -1.19. The number of hydrogen-bond acceptors (Lipinski definition) is 5. The first-order chi connectivity index (χ1) is 13.6. The number of carboxylic acid groups (broad SMARTS) is 1. The smallest absolute Gasteiger partial charge is 0.322 e. The molecular weight excluding hydrogens is 425 g/mol. The van der Waals surface area contributed by atoms with Gasteiger partial charge in [0, 0.05) is 26.6 Å². The van der Waals surface area contributed by atoms with Crippen molar-refractivity contribution >= 4 is 46.9 Å². The molecule has 2 rings (SSSR count). The third-order valence-corrected chi connectivity index (χ3v) is 4.92. The maximum atomic E-state index is 12.6. The number of nitrogens with one attached hydrogen (secondary N) is 1. The summed E-state index contributed by atoms with van der Waals surface area (Å²) >= 11 is 11.8. The van der Waals surface area contributed by atoms with E-state index in [1.165, 1.54) is 11.9 Å². The Balaban J connectivity index is 1.96. The van der Waals surface area contributed by atoms with E-state index in [1.54, 1.807) is 18.2 Å². The summed E-state index contributed by atoms with van der Waals surface area (Å²) in [4.78, 5) is 49.3. The Morgan fingerprint density at radius 3 is 2.55 bits per heavy atom. The Morgan fingerprint density at radius 1 is 1.24 bits per heavy atom. The van der Waals surface area contributed by atoms with Gasteiger partial charge in [0.05, 0.1) is 22.2 Å². The number of carboxylic acids is 1. The van der Waals surface area contributed by atoms with Crippen LogP contribution in [0.4, 0.5) is 0 Å². The van der Waals surface area contributed by atoms with Crippen LogP contribution in [0.25, 0.3) is 0 Å². The Hall–Kier alpha value is -2.78. The van der Waals surface area contributed by atoms with Crippen LogP contribution >= 0.6 is 23.2 Å². The van der Waals surface area contributed by atoms with Crippen molar-refractivity contribution in [1.82, 2.24) is 15.1 Å². The van der Waals surface area contributed by atoms with Crippen LogP contribution in [-0.4, -0.2) is 70.4 Å². The second kappa shape index (κ2) is 9.62. The lowest BCUT2D eigenvalue weighted by Crippen LogP contribution is -2.35. The molecule has 0 spiro atoms. The van der Waals surface area contributed by atoms with Crippen LogP contribution in [0.15, 0.2) is 29.5 Å². The Bertz CT molecular complexity index is 886. The highest BCUT2D eigenvalue weighted by Gasteiger charge is 2.35. The fraction of sp³-hybridized carbons (Fsp3) is 0.333. The Labute approximate surface area is 176 Å². The molecule has 0 atom stereocenters. The van der Waals surface area contributed by atoms with E-state index in [0.717, 1.165) is 4.90 Å². The number of hydrogen-bond donors (Lipinski definition) is 3. The highest BCUT2D eigenvalue weighted by Crippen LogP contribution is 2.24. The molecule has 0 saturated heterocycles. The number of benzene rings is 1. The number of amides is 3. The molecule has 156 valence electrons. The predicted molar refractivity (Wildman–Crippen MR) is 104 cm³/mol. The van der Waals surface area contributed by atoms with Crippen molar-refractivity contribution in [3.05, 3.63) is 45.1 Å². The summed E-state index contributed by atoms with van der Waals surface area (Å²) in [5.41, 5.74) is 0.634. The lowest BCUT2D eigenvalue weighted by Gasteiger charge is -2.19. The minimum absolute atomic E-state index is 0.0678. The van der Waals surface area contributed by atoms with Crippen LogP contribution in [0.3, 0.4) is 0 Å². The van der Waals surface area contributed by atoms with Crippen LogP contribution in [0.2, 0.25) is 10.0 Å². The SMILES string of the molecule is CN(Cc1ccc(Cl)c(Cl)c1)C(=O)C1=C(O)C(=O)N(CCC(=O)NCC(=O)O)C1. The standard InChI is InChI=1S/C18H19Cl2N3O6/c1-22(8-10-2-3-12(19)13(20)6-10)17(28)11-9-23(18(29)16(11)27)5-4-14(24)21-7-15(25)26/h2-3,6,27H,4-5,7-9H2,1H3,(H,21,24)(H,25,26). The van der Waals surface area contributed by atoms with Crippen LogP contribution in [0.5, 0.6) is 0 Å². The van der Waals surface area contributed by atoms with Gasteiger partial charge in [-0.05, 0) is 17.7 Å². The van der Waals surface area contributed by atoms with E-state index in [4.69, 9.17) is 28.3 Å². The highest BCUT2D eigenvalue weighted by atomic mass is 35.5. The van der Waals surface area contributed by atoms with E-state index >= 15 is 0 Å². The zero-order valence-corrected chi connectivity index (χ0v) is 17.0. The van der Waals surface area contributed by atoms with E-state index in [1.807, 2.05) is 0 Å². The second-order valence-electron chi connectivity index (χ2n) is 6.38. The maximum absolute atomic E-state index is 12.6. The molecule has 1 heterocycles. The molecule has 0 bridgehead atoms. The quantitative estimate of drug-likeness (QED) is 0.553. The van der Waals surface area contributed by atoms with Crippen molar-refractivity contribution in [2.24, 2.45) is 0 Å². The van der Waals surface area contributed by atoms with Crippen molar-refractivity contribution in [2.75, 3.05) is 26.7 Å². The first-order valence-corrected chi connectivity index (χ1v) is 9.25. The van der Waals surface area contributed by atoms with Gasteiger partial charge in [0.2, 0.25) is 5.91 Å². The molecule has 0 unspecified atom stereocenters. The summed E-state index contributed by atoms with van der Waals surface area (Å²) in [5.74, 6) is -3.71. The lowest BCUT2D eigenvalue weighted by atomic mass is 10.2. The number of carbonyl (C=O) groups is 4. The largest absolute Gasteiger partial charge is 0.503 e. The summed E-state index contributed by atoms with van der Waals surface area (Å²) in [5, 5.41) is 21.5. The Kier molecular flexibility index (Phi) is 7.46. The van der Waals surface area contributed by atoms with Gasteiger partial charge in [0.25, 0.3) is 11.8 Å². The molecule has 3 amide bonds. The normalized spacial score (nSPS) is 13.6. The topological polar surface area (TPSA) is 127 Å². The average molecular weight is 444 g/mol. The van der Waals surface area contributed by atoms with Gasteiger partial charge < -0.3 is 25.3 Å². The van der Waals surface area contributed by atoms with Crippen LogP contribution in [0.1, 0.15) is 12.0 Å². The summed E-state index contributed by atoms with van der Waals surface area (Å²) < 4.78 is 0. The molecule has 1 aromatic rings. The van der Waals surface area contributed by atoms with Crippen molar-refractivity contribution in [2.45, 2.75) is 13.0 Å². The zero-order chi connectivity index (χ0) is 21.7. The van der Waals surface area contributed by atoms with Gasteiger partial charge in [-0.1, -0.05) is 29.3 Å².